The fourth-order valence-corrected chi connectivity index (χ4v) is 4.69. The quantitative estimate of drug-likeness (QED) is 0.351. The number of benzene rings is 3. The highest BCUT2D eigenvalue weighted by atomic mass is 35.5. The molecule has 0 radical (unpaired) electrons. The minimum atomic E-state index is -0.667. The van der Waals surface area contributed by atoms with Gasteiger partial charge in [-0.1, -0.05) is 29.8 Å². The van der Waals surface area contributed by atoms with Crippen molar-refractivity contribution in [2.24, 2.45) is 0 Å². The van der Waals surface area contributed by atoms with Crippen LogP contribution in [0.5, 0.6) is 17.2 Å². The van der Waals surface area contributed by atoms with Crippen molar-refractivity contribution >= 4 is 45.3 Å². The lowest BCUT2D eigenvalue weighted by Crippen LogP contribution is -2.41. The Kier molecular flexibility index (Phi) is 5.80. The van der Waals surface area contributed by atoms with Gasteiger partial charge in [0.2, 0.25) is 18.3 Å². The Morgan fingerprint density at radius 1 is 1.03 bits per heavy atom. The highest BCUT2D eigenvalue weighted by Gasteiger charge is 2.22. The lowest BCUT2D eigenvalue weighted by atomic mass is 10.2. The van der Waals surface area contributed by atoms with Crippen LogP contribution in [0.15, 0.2) is 74.7 Å². The van der Waals surface area contributed by atoms with E-state index in [1.54, 1.807) is 60.7 Å². The summed E-state index contributed by atoms with van der Waals surface area (Å²) in [7, 11) is 1.47. The van der Waals surface area contributed by atoms with Crippen molar-refractivity contribution < 1.29 is 23.4 Å². The predicted octanol–water partition coefficient (Wildman–Crippen LogP) is 3.99. The molecule has 1 aliphatic rings. The summed E-state index contributed by atoms with van der Waals surface area (Å²) in [6.45, 7) is -0.357. The Labute approximate surface area is 219 Å². The van der Waals surface area contributed by atoms with Gasteiger partial charge in [0.1, 0.15) is 23.4 Å². The van der Waals surface area contributed by atoms with Gasteiger partial charge < -0.3 is 23.9 Å². The Balaban J connectivity index is 1.46. The van der Waals surface area contributed by atoms with E-state index < -0.39 is 23.7 Å². The summed E-state index contributed by atoms with van der Waals surface area (Å²) >= 11 is 6.09. The number of aromatic nitrogens is 2. The summed E-state index contributed by atoms with van der Waals surface area (Å²) in [5, 5.41) is 3.68. The number of carbonyl (C=O) groups is 1. The average molecular weight is 534 g/mol. The maximum atomic E-state index is 13.8. The van der Waals surface area contributed by atoms with E-state index in [0.717, 1.165) is 4.57 Å². The van der Waals surface area contributed by atoms with E-state index >= 15 is 0 Å². The highest BCUT2D eigenvalue weighted by molar-refractivity contribution is 6.31. The maximum Gasteiger partial charge on any atom is 0.332 e. The van der Waals surface area contributed by atoms with E-state index in [1.165, 1.54) is 11.7 Å². The van der Waals surface area contributed by atoms with Gasteiger partial charge in [-0.2, -0.15) is 0 Å². The molecule has 0 saturated heterocycles. The highest BCUT2D eigenvalue weighted by Crippen LogP contribution is 2.33. The number of halogens is 1. The zero-order valence-corrected chi connectivity index (χ0v) is 20.8. The zero-order valence-electron chi connectivity index (χ0n) is 20.0. The van der Waals surface area contributed by atoms with Gasteiger partial charge in [-0.25, -0.2) is 4.79 Å². The summed E-state index contributed by atoms with van der Waals surface area (Å²) in [6.07, 6.45) is 0. The lowest BCUT2D eigenvalue weighted by Gasteiger charge is -2.14. The molecule has 3 aromatic carbocycles. The number of anilines is 1. The molecule has 1 aliphatic heterocycles. The number of nitrogens with zero attached hydrogens (tertiary/aromatic N) is 2. The van der Waals surface area contributed by atoms with Crippen LogP contribution in [-0.2, 0) is 17.9 Å². The van der Waals surface area contributed by atoms with Gasteiger partial charge in [0, 0.05) is 10.4 Å². The van der Waals surface area contributed by atoms with Gasteiger partial charge in [-0.05, 0) is 48.0 Å². The van der Waals surface area contributed by atoms with Crippen LogP contribution in [0.25, 0.3) is 22.1 Å². The molecule has 0 fully saturated rings. The molecule has 3 heterocycles. The SMILES string of the molecule is COc1ccc(Cl)cc1NC(=O)Cn1c(=O)n(Cc2ccc3c(c2)OCO3)c(=O)c2oc3ccccc3c21. The van der Waals surface area contributed by atoms with Crippen molar-refractivity contribution in [2.45, 2.75) is 13.1 Å². The number of amides is 1. The van der Waals surface area contributed by atoms with E-state index in [1.807, 2.05) is 0 Å². The molecule has 0 saturated carbocycles. The molecule has 0 unspecified atom stereocenters. The van der Waals surface area contributed by atoms with Crippen molar-refractivity contribution in [1.82, 2.24) is 9.13 Å². The van der Waals surface area contributed by atoms with Gasteiger partial charge in [0.25, 0.3) is 5.56 Å². The number of para-hydroxylation sites is 1. The largest absolute Gasteiger partial charge is 0.495 e. The molecule has 5 aromatic rings. The molecule has 0 spiro atoms. The first-order valence-electron chi connectivity index (χ1n) is 11.6. The van der Waals surface area contributed by atoms with E-state index in [2.05, 4.69) is 5.32 Å². The van der Waals surface area contributed by atoms with E-state index in [-0.39, 0.29) is 24.4 Å². The molecule has 192 valence electrons. The van der Waals surface area contributed by atoms with Crippen LogP contribution in [0.4, 0.5) is 5.69 Å². The topological polar surface area (TPSA) is 114 Å². The van der Waals surface area contributed by atoms with Gasteiger partial charge in [0.05, 0.1) is 19.3 Å². The fourth-order valence-electron chi connectivity index (χ4n) is 4.51. The standard InChI is InChI=1S/C27H20ClN3O7/c1-35-20-9-7-16(28)11-18(20)29-23(32)13-30-24-17-4-2-3-5-19(17)38-25(24)26(33)31(27(30)34)12-15-6-8-21-22(10-15)37-14-36-21/h2-11H,12-14H2,1H3,(H,29,32). The van der Waals surface area contributed by atoms with Crippen LogP contribution in [0.3, 0.4) is 0 Å². The molecule has 0 bridgehead atoms. The maximum absolute atomic E-state index is 13.8. The van der Waals surface area contributed by atoms with Crippen molar-refractivity contribution in [1.29, 1.82) is 0 Å². The summed E-state index contributed by atoms with van der Waals surface area (Å²) < 4.78 is 24.2. The number of fused-ring (bicyclic) bond motifs is 4. The summed E-state index contributed by atoms with van der Waals surface area (Å²) in [4.78, 5) is 40.4. The molecule has 11 heteroatoms. The van der Waals surface area contributed by atoms with Crippen molar-refractivity contribution in [3.8, 4) is 17.2 Å². The van der Waals surface area contributed by atoms with E-state index in [9.17, 15) is 14.4 Å². The summed E-state index contributed by atoms with van der Waals surface area (Å²) in [5.41, 5.74) is 0.353. The van der Waals surface area contributed by atoms with Gasteiger partial charge in [0.15, 0.2) is 11.5 Å². The fraction of sp³-hybridized carbons (Fsp3) is 0.148. The van der Waals surface area contributed by atoms with E-state index in [0.29, 0.717) is 44.5 Å². The molecular weight excluding hydrogens is 514 g/mol. The number of rotatable bonds is 6. The van der Waals surface area contributed by atoms with Crippen LogP contribution in [0, 0.1) is 0 Å². The number of furan rings is 1. The molecule has 0 aliphatic carbocycles. The number of carbonyl (C=O) groups excluding carboxylic acids is 1. The average Bonchev–Trinajstić information content (AvgIpc) is 3.54. The molecule has 38 heavy (non-hydrogen) atoms. The van der Waals surface area contributed by atoms with Gasteiger partial charge in [-0.15, -0.1) is 0 Å². The van der Waals surface area contributed by atoms with Crippen molar-refractivity contribution in [3.63, 3.8) is 0 Å². The van der Waals surface area contributed by atoms with Crippen LogP contribution in [0.2, 0.25) is 5.02 Å². The molecule has 0 atom stereocenters. The molecule has 2 aromatic heterocycles. The Hall–Kier alpha value is -4.70. The van der Waals surface area contributed by atoms with Crippen molar-refractivity contribution in [2.75, 3.05) is 19.2 Å². The number of hydrogen-bond donors (Lipinski definition) is 1. The van der Waals surface area contributed by atoms with Gasteiger partial charge >= 0.3 is 5.69 Å². The second-order valence-corrected chi connectivity index (χ2v) is 9.05. The number of methoxy groups -OCH3 is 1. The zero-order chi connectivity index (χ0) is 26.4. The third-order valence-corrected chi connectivity index (χ3v) is 6.49. The number of nitrogens with one attached hydrogen (secondary N) is 1. The van der Waals surface area contributed by atoms with E-state index in [4.69, 9.17) is 30.2 Å². The first-order chi connectivity index (χ1) is 18.4. The molecule has 10 nitrogen and oxygen atoms in total. The number of hydrogen-bond acceptors (Lipinski definition) is 7. The first-order valence-corrected chi connectivity index (χ1v) is 12.0. The van der Waals surface area contributed by atoms with Gasteiger partial charge in [-0.3, -0.25) is 18.7 Å². The normalized spacial score (nSPS) is 12.3. The Morgan fingerprint density at radius 2 is 1.84 bits per heavy atom. The van der Waals surface area contributed by atoms with Crippen molar-refractivity contribution in [3.05, 3.63) is 92.1 Å². The number of ether oxygens (including phenoxy) is 3. The molecular formula is C27H20ClN3O7. The summed E-state index contributed by atoms with van der Waals surface area (Å²) in [6, 6.07) is 16.9. The minimum absolute atomic E-state index is 0.0281. The molecule has 1 amide bonds. The third kappa shape index (κ3) is 4.04. The first kappa shape index (κ1) is 23.7. The second kappa shape index (κ2) is 9.31. The molecule has 6 rings (SSSR count). The second-order valence-electron chi connectivity index (χ2n) is 8.62. The Bertz CT molecular complexity index is 1850. The van der Waals surface area contributed by atoms with Crippen LogP contribution in [-0.4, -0.2) is 28.9 Å². The Morgan fingerprint density at radius 3 is 2.68 bits per heavy atom. The summed E-state index contributed by atoms with van der Waals surface area (Å²) in [5.74, 6) is 0.990. The monoisotopic (exact) mass is 533 g/mol. The molecule has 1 N–H and O–H groups in total. The smallest absolute Gasteiger partial charge is 0.332 e. The predicted molar refractivity (Wildman–Crippen MR) is 141 cm³/mol. The minimum Gasteiger partial charge on any atom is -0.495 e. The van der Waals surface area contributed by atoms with Crippen LogP contribution >= 0.6 is 11.6 Å². The van der Waals surface area contributed by atoms with Crippen LogP contribution in [0.1, 0.15) is 5.56 Å². The van der Waals surface area contributed by atoms with Crippen LogP contribution < -0.4 is 30.8 Å². The third-order valence-electron chi connectivity index (χ3n) is 6.26. The lowest BCUT2D eigenvalue weighted by molar-refractivity contribution is -0.116.